The number of aromatic nitrogens is 5. The van der Waals surface area contributed by atoms with Crippen molar-refractivity contribution in [2.75, 3.05) is 0 Å². The van der Waals surface area contributed by atoms with E-state index in [0.29, 0.717) is 29.2 Å². The Hall–Kier alpha value is -4.00. The maximum Gasteiger partial charge on any atom is 0.389 e. The van der Waals surface area contributed by atoms with Gasteiger partial charge in [-0.25, -0.2) is 9.50 Å². The first-order valence-electron chi connectivity index (χ1n) is 11.7. The van der Waals surface area contributed by atoms with Gasteiger partial charge in [-0.15, -0.1) is 0 Å². The summed E-state index contributed by atoms with van der Waals surface area (Å²) in [4.78, 5) is 16.5. The van der Waals surface area contributed by atoms with Gasteiger partial charge in [0.1, 0.15) is 5.78 Å². The van der Waals surface area contributed by atoms with Crippen molar-refractivity contribution >= 4 is 11.4 Å². The van der Waals surface area contributed by atoms with E-state index in [4.69, 9.17) is 5.26 Å². The van der Waals surface area contributed by atoms with E-state index >= 15 is 0 Å². The van der Waals surface area contributed by atoms with Gasteiger partial charge in [0.25, 0.3) is 0 Å². The van der Waals surface area contributed by atoms with Crippen LogP contribution in [0.4, 0.5) is 13.2 Å². The van der Waals surface area contributed by atoms with Crippen LogP contribution in [0.5, 0.6) is 0 Å². The van der Waals surface area contributed by atoms with Crippen molar-refractivity contribution in [1.29, 1.82) is 5.26 Å². The Morgan fingerprint density at radius 2 is 1.92 bits per heavy atom. The summed E-state index contributed by atoms with van der Waals surface area (Å²) in [5.41, 5.74) is 4.47. The van der Waals surface area contributed by atoms with Crippen LogP contribution in [0.15, 0.2) is 55.1 Å². The van der Waals surface area contributed by atoms with E-state index < -0.39 is 24.8 Å². The predicted octanol–water partition coefficient (Wildman–Crippen LogP) is 5.58. The first-order chi connectivity index (χ1) is 17.3. The van der Waals surface area contributed by atoms with Crippen molar-refractivity contribution in [3.8, 4) is 28.5 Å². The van der Waals surface area contributed by atoms with E-state index in [1.807, 2.05) is 23.0 Å². The fraction of sp³-hybridized carbons (Fsp3) is 0.346. The topological polar surface area (TPSA) is 88.9 Å². The molecule has 1 atom stereocenters. The zero-order valence-electron chi connectivity index (χ0n) is 19.3. The zero-order valence-corrected chi connectivity index (χ0v) is 19.3. The minimum absolute atomic E-state index is 0.0596. The molecule has 1 aliphatic carbocycles. The van der Waals surface area contributed by atoms with Crippen LogP contribution in [0.1, 0.15) is 43.7 Å². The second-order valence-corrected chi connectivity index (χ2v) is 9.16. The lowest BCUT2D eigenvalue weighted by Crippen LogP contribution is -2.12. The van der Waals surface area contributed by atoms with Gasteiger partial charge in [-0.05, 0) is 36.5 Å². The van der Waals surface area contributed by atoms with Gasteiger partial charge in [-0.1, -0.05) is 18.2 Å². The molecule has 1 fully saturated rings. The van der Waals surface area contributed by atoms with Crippen LogP contribution in [0.2, 0.25) is 0 Å². The smallest absolute Gasteiger partial charge is 0.299 e. The number of alkyl halides is 3. The van der Waals surface area contributed by atoms with E-state index in [9.17, 15) is 18.0 Å². The van der Waals surface area contributed by atoms with Crippen molar-refractivity contribution in [1.82, 2.24) is 24.4 Å². The standard InChI is InChI=1S/C26H23F3N6O/c27-26(28,29)8-6-22(36)11-17-2-1-3-19(10-17)24-15-31-25-12-20(13-33-35(24)25)21-14-32-34(16-21)23(7-9-30)18-4-5-18/h1-3,10,12-16,18,23H,4-8,11H2. The summed E-state index contributed by atoms with van der Waals surface area (Å²) < 4.78 is 40.8. The molecule has 0 spiro atoms. The number of rotatable bonds is 9. The van der Waals surface area contributed by atoms with Crippen molar-refractivity contribution in [2.45, 2.75) is 50.7 Å². The van der Waals surface area contributed by atoms with Gasteiger partial charge in [-0.2, -0.15) is 28.6 Å². The van der Waals surface area contributed by atoms with Crippen LogP contribution in [-0.2, 0) is 11.2 Å². The molecule has 1 unspecified atom stereocenters. The number of halogens is 3. The summed E-state index contributed by atoms with van der Waals surface area (Å²) >= 11 is 0. The first kappa shape index (κ1) is 23.7. The number of imidazole rings is 1. The molecular weight excluding hydrogens is 469 g/mol. The molecule has 5 rings (SSSR count). The van der Waals surface area contributed by atoms with Gasteiger partial charge >= 0.3 is 6.18 Å². The van der Waals surface area contributed by atoms with E-state index in [1.54, 1.807) is 41.3 Å². The highest BCUT2D eigenvalue weighted by Crippen LogP contribution is 2.41. The third kappa shape index (κ3) is 5.30. The monoisotopic (exact) mass is 492 g/mol. The highest BCUT2D eigenvalue weighted by molar-refractivity contribution is 5.81. The summed E-state index contributed by atoms with van der Waals surface area (Å²) in [5, 5.41) is 18.2. The molecule has 4 aromatic rings. The third-order valence-corrected chi connectivity index (χ3v) is 6.41. The van der Waals surface area contributed by atoms with Gasteiger partial charge in [0.2, 0.25) is 0 Å². The molecule has 0 bridgehead atoms. The maximum absolute atomic E-state index is 12.4. The molecule has 10 heteroatoms. The molecule has 0 amide bonds. The summed E-state index contributed by atoms with van der Waals surface area (Å²) in [7, 11) is 0. The lowest BCUT2D eigenvalue weighted by molar-refractivity contribution is -0.143. The number of fused-ring (bicyclic) bond motifs is 1. The van der Waals surface area contributed by atoms with Gasteiger partial charge in [0.05, 0.1) is 49.2 Å². The molecule has 36 heavy (non-hydrogen) atoms. The number of hydrogen-bond donors (Lipinski definition) is 0. The molecule has 184 valence electrons. The SMILES string of the molecule is N#CCC(C1CC1)n1cc(-c2cnn3c(-c4cccc(CC(=O)CCC(F)(F)F)c4)cnc3c2)cn1. The lowest BCUT2D eigenvalue weighted by atomic mass is 10.0. The second-order valence-electron chi connectivity index (χ2n) is 9.16. The quantitative estimate of drug-likeness (QED) is 0.304. The molecule has 1 saturated carbocycles. The van der Waals surface area contributed by atoms with Gasteiger partial charge in [0, 0.05) is 35.7 Å². The highest BCUT2D eigenvalue weighted by Gasteiger charge is 2.33. The fourth-order valence-electron chi connectivity index (χ4n) is 4.39. The lowest BCUT2D eigenvalue weighted by Gasteiger charge is -2.12. The van der Waals surface area contributed by atoms with Crippen LogP contribution in [0.25, 0.3) is 28.0 Å². The number of nitriles is 1. The summed E-state index contributed by atoms with van der Waals surface area (Å²) in [6.07, 6.45) is 3.74. The molecule has 0 N–H and O–H groups in total. The Balaban J connectivity index is 1.35. The first-order valence-corrected chi connectivity index (χ1v) is 11.7. The largest absolute Gasteiger partial charge is 0.389 e. The Morgan fingerprint density at radius 3 is 2.67 bits per heavy atom. The minimum Gasteiger partial charge on any atom is -0.299 e. The Labute approximate surface area is 205 Å². The normalized spacial score (nSPS) is 14.6. The van der Waals surface area contributed by atoms with E-state index in [-0.39, 0.29) is 12.5 Å². The number of ketones is 1. The number of carbonyl (C=O) groups excluding carboxylic acids is 1. The maximum atomic E-state index is 12.4. The van der Waals surface area contributed by atoms with Gasteiger partial charge in [-0.3, -0.25) is 9.48 Å². The summed E-state index contributed by atoms with van der Waals surface area (Å²) in [6, 6.07) is 11.4. The molecule has 1 aromatic carbocycles. The van der Waals surface area contributed by atoms with Crippen LogP contribution < -0.4 is 0 Å². The molecule has 3 aromatic heterocycles. The van der Waals surface area contributed by atoms with Crippen molar-refractivity contribution < 1.29 is 18.0 Å². The van der Waals surface area contributed by atoms with Crippen molar-refractivity contribution in [3.63, 3.8) is 0 Å². The molecule has 0 radical (unpaired) electrons. The van der Waals surface area contributed by atoms with E-state index in [2.05, 4.69) is 21.3 Å². The van der Waals surface area contributed by atoms with Crippen LogP contribution in [-0.4, -0.2) is 36.3 Å². The van der Waals surface area contributed by atoms with Crippen molar-refractivity contribution in [2.24, 2.45) is 5.92 Å². The average molecular weight is 493 g/mol. The van der Waals surface area contributed by atoms with Gasteiger partial charge < -0.3 is 0 Å². The number of Topliss-reactive ketones (excluding diaryl/α,β-unsaturated/α-hetero) is 1. The molecular formula is C26H23F3N6O. The van der Waals surface area contributed by atoms with Crippen molar-refractivity contribution in [3.05, 3.63) is 60.7 Å². The zero-order chi connectivity index (χ0) is 25.3. The van der Waals surface area contributed by atoms with E-state index in [0.717, 1.165) is 29.5 Å². The fourth-order valence-corrected chi connectivity index (χ4v) is 4.39. The minimum atomic E-state index is -4.34. The molecule has 3 heterocycles. The summed E-state index contributed by atoms with van der Waals surface area (Å²) in [5.74, 6) is 0.0492. The van der Waals surface area contributed by atoms with Crippen LogP contribution in [0.3, 0.4) is 0 Å². The Morgan fingerprint density at radius 1 is 1.11 bits per heavy atom. The van der Waals surface area contributed by atoms with Crippen LogP contribution >= 0.6 is 0 Å². The average Bonchev–Trinajstić information content (AvgIpc) is 3.41. The molecule has 0 saturated heterocycles. The number of hydrogen-bond acceptors (Lipinski definition) is 5. The predicted molar refractivity (Wildman–Crippen MR) is 126 cm³/mol. The van der Waals surface area contributed by atoms with Gasteiger partial charge in [0.15, 0.2) is 5.65 Å². The highest BCUT2D eigenvalue weighted by atomic mass is 19.4. The number of carbonyl (C=O) groups is 1. The Bertz CT molecular complexity index is 1440. The summed E-state index contributed by atoms with van der Waals surface area (Å²) in [6.45, 7) is 0. The molecule has 1 aliphatic rings. The van der Waals surface area contributed by atoms with E-state index in [1.165, 1.54) is 0 Å². The van der Waals surface area contributed by atoms with Crippen LogP contribution in [0, 0.1) is 17.2 Å². The number of benzene rings is 1. The molecule has 0 aliphatic heterocycles. The molecule has 7 nitrogen and oxygen atoms in total. The second kappa shape index (κ2) is 9.57. The third-order valence-electron chi connectivity index (χ3n) is 6.41. The Kier molecular flexibility index (Phi) is 6.31. The number of nitrogens with zero attached hydrogens (tertiary/aromatic N) is 6.